The van der Waals surface area contributed by atoms with Crippen molar-refractivity contribution in [2.45, 2.75) is 6.42 Å². The lowest BCUT2D eigenvalue weighted by Crippen LogP contribution is -2.16. The Balaban J connectivity index is 1.76. The third-order valence-corrected chi connectivity index (χ3v) is 5.48. The zero-order valence-corrected chi connectivity index (χ0v) is 16.6. The Kier molecular flexibility index (Phi) is 4.06. The van der Waals surface area contributed by atoms with Crippen LogP contribution in [0.1, 0.15) is 5.56 Å². The summed E-state index contributed by atoms with van der Waals surface area (Å²) in [4.78, 5) is 16.1. The molecule has 0 N–H and O–H groups in total. The molecule has 132 valence electrons. The fraction of sp³-hybridized carbons (Fsp3) is 0.0952. The number of pyridine rings is 1. The molecule has 0 unspecified atom stereocenters. The Morgan fingerprint density at radius 2 is 1.96 bits per heavy atom. The maximum Gasteiger partial charge on any atom is 0.163 e. The quantitative estimate of drug-likeness (QED) is 0.397. The lowest BCUT2D eigenvalue weighted by Gasteiger charge is -2.21. The molecule has 1 aliphatic heterocycles. The van der Waals surface area contributed by atoms with Crippen LogP contribution in [0.5, 0.6) is 0 Å². The van der Waals surface area contributed by atoms with E-state index in [0.717, 1.165) is 50.4 Å². The molecule has 4 aromatic rings. The summed E-state index contributed by atoms with van der Waals surface area (Å²) >= 11 is 9.85. The first-order chi connectivity index (χ1) is 13.2. The lowest BCUT2D eigenvalue weighted by atomic mass is 10.1. The van der Waals surface area contributed by atoms with E-state index in [4.69, 9.17) is 21.6 Å². The Labute approximate surface area is 170 Å². The van der Waals surface area contributed by atoms with Crippen LogP contribution in [0, 0.1) is 0 Å². The van der Waals surface area contributed by atoms with Gasteiger partial charge in [-0.2, -0.15) is 0 Å². The molecule has 0 spiro atoms. The highest BCUT2D eigenvalue weighted by atomic mass is 79.9. The minimum absolute atomic E-state index is 0.670. The maximum absolute atomic E-state index is 6.27. The average molecular weight is 438 g/mol. The van der Waals surface area contributed by atoms with Crippen LogP contribution in [0.3, 0.4) is 0 Å². The smallest absolute Gasteiger partial charge is 0.163 e. The van der Waals surface area contributed by atoms with Crippen molar-refractivity contribution in [3.05, 3.63) is 76.0 Å². The molecule has 0 radical (unpaired) electrons. The van der Waals surface area contributed by atoms with Crippen molar-refractivity contribution < 1.29 is 0 Å². The Bertz CT molecular complexity index is 1160. The van der Waals surface area contributed by atoms with E-state index in [1.165, 1.54) is 5.56 Å². The summed E-state index contributed by atoms with van der Waals surface area (Å²) in [5.74, 6) is 1.56. The molecular formula is C21H14BrClN4. The highest BCUT2D eigenvalue weighted by Crippen LogP contribution is 2.39. The Morgan fingerprint density at radius 3 is 2.81 bits per heavy atom. The minimum atomic E-state index is 0.670. The SMILES string of the molecule is Clc1ccc2c(c1)N(c1nc(-c3cccnc3)nc3ccc(Br)cc13)CC2. The van der Waals surface area contributed by atoms with Gasteiger partial charge >= 0.3 is 0 Å². The van der Waals surface area contributed by atoms with Gasteiger partial charge in [-0.15, -0.1) is 0 Å². The summed E-state index contributed by atoms with van der Waals surface area (Å²) in [7, 11) is 0. The van der Waals surface area contributed by atoms with Crippen molar-refractivity contribution in [1.29, 1.82) is 0 Å². The van der Waals surface area contributed by atoms with Gasteiger partial charge < -0.3 is 4.90 Å². The van der Waals surface area contributed by atoms with Crippen LogP contribution in [-0.4, -0.2) is 21.5 Å². The van der Waals surface area contributed by atoms with Crippen molar-refractivity contribution in [1.82, 2.24) is 15.0 Å². The van der Waals surface area contributed by atoms with Crippen LogP contribution in [0.2, 0.25) is 5.02 Å². The number of benzene rings is 2. The molecule has 27 heavy (non-hydrogen) atoms. The van der Waals surface area contributed by atoms with E-state index in [1.54, 1.807) is 12.4 Å². The van der Waals surface area contributed by atoms with Gasteiger partial charge in [0.05, 0.1) is 5.52 Å². The standard InChI is InChI=1S/C21H14BrClN4/c22-15-4-6-18-17(10-15)21(26-20(25-18)14-2-1-8-24-12-14)27-9-7-13-3-5-16(23)11-19(13)27/h1-6,8,10-12H,7,9H2. The summed E-state index contributed by atoms with van der Waals surface area (Å²) < 4.78 is 1.000. The van der Waals surface area contributed by atoms with Crippen molar-refractivity contribution in [2.24, 2.45) is 0 Å². The minimum Gasteiger partial charge on any atom is -0.325 e. The van der Waals surface area contributed by atoms with E-state index in [2.05, 4.69) is 37.9 Å². The maximum atomic E-state index is 6.27. The molecule has 0 saturated heterocycles. The van der Waals surface area contributed by atoms with Crippen LogP contribution < -0.4 is 4.90 Å². The number of rotatable bonds is 2. The molecule has 0 bridgehead atoms. The first kappa shape index (κ1) is 16.7. The van der Waals surface area contributed by atoms with Crippen LogP contribution in [0.25, 0.3) is 22.3 Å². The Hall–Kier alpha value is -2.50. The summed E-state index contributed by atoms with van der Waals surface area (Å²) in [5.41, 5.74) is 4.19. The lowest BCUT2D eigenvalue weighted by molar-refractivity contribution is 0.976. The van der Waals surface area contributed by atoms with Gasteiger partial charge in [-0.05, 0) is 54.4 Å². The fourth-order valence-electron chi connectivity index (χ4n) is 3.49. The van der Waals surface area contributed by atoms with E-state index in [9.17, 15) is 0 Å². The van der Waals surface area contributed by atoms with E-state index < -0.39 is 0 Å². The number of hydrogen-bond acceptors (Lipinski definition) is 4. The number of nitrogens with zero attached hydrogens (tertiary/aromatic N) is 4. The molecule has 6 heteroatoms. The summed E-state index contributed by atoms with van der Waals surface area (Å²) in [6.07, 6.45) is 4.51. The molecule has 3 heterocycles. The largest absolute Gasteiger partial charge is 0.325 e. The number of hydrogen-bond donors (Lipinski definition) is 0. The van der Waals surface area contributed by atoms with Crippen molar-refractivity contribution in [3.63, 3.8) is 0 Å². The predicted octanol–water partition coefficient (Wildman–Crippen LogP) is 5.80. The molecule has 0 atom stereocenters. The van der Waals surface area contributed by atoms with Gasteiger partial charge in [-0.25, -0.2) is 9.97 Å². The van der Waals surface area contributed by atoms with Gasteiger partial charge in [0.2, 0.25) is 0 Å². The number of aromatic nitrogens is 3. The second-order valence-electron chi connectivity index (χ2n) is 6.45. The monoisotopic (exact) mass is 436 g/mol. The molecule has 5 rings (SSSR count). The van der Waals surface area contributed by atoms with E-state index in [1.807, 2.05) is 36.4 Å². The van der Waals surface area contributed by atoms with Gasteiger partial charge in [0, 0.05) is 45.1 Å². The van der Waals surface area contributed by atoms with Crippen molar-refractivity contribution >= 4 is 49.9 Å². The molecule has 0 amide bonds. The normalized spacial score (nSPS) is 13.2. The summed E-state index contributed by atoms with van der Waals surface area (Å²) in [5, 5.41) is 1.73. The zero-order valence-electron chi connectivity index (χ0n) is 14.2. The van der Waals surface area contributed by atoms with Gasteiger partial charge in [-0.3, -0.25) is 4.98 Å². The molecule has 2 aromatic heterocycles. The topological polar surface area (TPSA) is 41.9 Å². The van der Waals surface area contributed by atoms with Crippen molar-refractivity contribution in [3.8, 4) is 11.4 Å². The van der Waals surface area contributed by atoms with Crippen molar-refractivity contribution in [2.75, 3.05) is 11.4 Å². The van der Waals surface area contributed by atoms with Gasteiger partial charge in [-0.1, -0.05) is 33.6 Å². The van der Waals surface area contributed by atoms with Crippen LogP contribution in [-0.2, 0) is 6.42 Å². The van der Waals surface area contributed by atoms with Crippen LogP contribution >= 0.6 is 27.5 Å². The predicted molar refractivity (Wildman–Crippen MR) is 113 cm³/mol. The second-order valence-corrected chi connectivity index (χ2v) is 7.80. The highest BCUT2D eigenvalue weighted by Gasteiger charge is 2.24. The summed E-state index contributed by atoms with van der Waals surface area (Å²) in [6, 6.07) is 16.0. The molecule has 2 aromatic carbocycles. The van der Waals surface area contributed by atoms with Gasteiger partial charge in [0.15, 0.2) is 5.82 Å². The molecule has 4 nitrogen and oxygen atoms in total. The molecule has 1 aliphatic rings. The second kappa shape index (κ2) is 6.59. The first-order valence-electron chi connectivity index (χ1n) is 8.63. The molecule has 0 saturated carbocycles. The highest BCUT2D eigenvalue weighted by molar-refractivity contribution is 9.10. The number of fused-ring (bicyclic) bond motifs is 2. The third kappa shape index (κ3) is 2.97. The van der Waals surface area contributed by atoms with E-state index in [0.29, 0.717) is 5.82 Å². The molecule has 0 fully saturated rings. The van der Waals surface area contributed by atoms with Crippen LogP contribution in [0.4, 0.5) is 11.5 Å². The van der Waals surface area contributed by atoms with E-state index in [-0.39, 0.29) is 0 Å². The third-order valence-electron chi connectivity index (χ3n) is 4.76. The average Bonchev–Trinajstić information content (AvgIpc) is 3.10. The number of halogens is 2. The molecular weight excluding hydrogens is 424 g/mol. The zero-order chi connectivity index (χ0) is 18.4. The Morgan fingerprint density at radius 1 is 1.04 bits per heavy atom. The van der Waals surface area contributed by atoms with Gasteiger partial charge in [0.25, 0.3) is 0 Å². The number of anilines is 2. The van der Waals surface area contributed by atoms with E-state index >= 15 is 0 Å². The molecule has 0 aliphatic carbocycles. The van der Waals surface area contributed by atoms with Crippen LogP contribution in [0.15, 0.2) is 65.4 Å². The first-order valence-corrected chi connectivity index (χ1v) is 9.80. The summed E-state index contributed by atoms with van der Waals surface area (Å²) in [6.45, 7) is 0.862. The van der Waals surface area contributed by atoms with Gasteiger partial charge in [0.1, 0.15) is 5.82 Å². The fourth-order valence-corrected chi connectivity index (χ4v) is 4.01.